The van der Waals surface area contributed by atoms with Crippen LogP contribution in [0.5, 0.6) is 0 Å². The summed E-state index contributed by atoms with van der Waals surface area (Å²) in [6.07, 6.45) is -5.31. The van der Waals surface area contributed by atoms with Crippen LogP contribution in [0.4, 0.5) is 13.2 Å². The van der Waals surface area contributed by atoms with E-state index in [1.807, 2.05) is 24.3 Å². The molecule has 0 fully saturated rings. The largest absolute Gasteiger partial charge is 0.480 e. The highest BCUT2D eigenvalue weighted by atomic mass is 32.2. The van der Waals surface area contributed by atoms with Crippen LogP contribution >= 0.6 is 0 Å². The van der Waals surface area contributed by atoms with E-state index in [-0.39, 0.29) is 23.7 Å². The molecule has 0 saturated carbocycles. The van der Waals surface area contributed by atoms with Crippen molar-refractivity contribution in [3.05, 3.63) is 59.7 Å². The van der Waals surface area contributed by atoms with Gasteiger partial charge in [-0.05, 0) is 41.0 Å². The maximum absolute atomic E-state index is 13.7. The number of aliphatic carboxylic acids is 1. The van der Waals surface area contributed by atoms with Crippen LogP contribution in [0.15, 0.2) is 48.5 Å². The number of carbonyl (C=O) groups is 1. The minimum absolute atomic E-state index is 0.0423. The molecule has 4 N–H and O–H groups in total. The predicted octanol–water partition coefficient (Wildman–Crippen LogP) is 5.36. The van der Waals surface area contributed by atoms with Gasteiger partial charge in [-0.25, -0.2) is 4.21 Å². The maximum atomic E-state index is 13.7. The minimum atomic E-state index is -4.57. The first-order chi connectivity index (χ1) is 14.8. The van der Waals surface area contributed by atoms with E-state index in [0.717, 1.165) is 16.7 Å². The van der Waals surface area contributed by atoms with Gasteiger partial charge < -0.3 is 10.8 Å². The van der Waals surface area contributed by atoms with E-state index in [1.165, 1.54) is 12.1 Å². The average molecular weight is 471 g/mol. The number of rotatable bonds is 10. The van der Waals surface area contributed by atoms with Crippen LogP contribution in [0.25, 0.3) is 11.1 Å². The summed E-state index contributed by atoms with van der Waals surface area (Å²) in [5.41, 5.74) is 8.25. The number of benzene rings is 2. The van der Waals surface area contributed by atoms with E-state index in [4.69, 9.17) is 15.6 Å². The van der Waals surface area contributed by atoms with Gasteiger partial charge in [0, 0.05) is 21.2 Å². The Balaban J connectivity index is 2.20. The second-order valence-electron chi connectivity index (χ2n) is 8.20. The summed E-state index contributed by atoms with van der Waals surface area (Å²) in [7, 11) is -3.38. The normalized spacial score (nSPS) is 15.8. The second kappa shape index (κ2) is 10.5. The lowest BCUT2D eigenvalue weighted by Crippen LogP contribution is -2.32. The first-order valence-electron chi connectivity index (χ1n) is 10.3. The van der Waals surface area contributed by atoms with Gasteiger partial charge in [-0.2, -0.15) is 13.2 Å². The van der Waals surface area contributed by atoms with Gasteiger partial charge in [0.1, 0.15) is 6.04 Å². The van der Waals surface area contributed by atoms with E-state index in [2.05, 4.69) is 13.8 Å². The number of nitrogens with one attached hydrogen (secondary N) is 1. The first kappa shape index (κ1) is 25.9. The SMILES string of the molecule is CC(C)c1ccccc1-c1ccc(C(CCS(=N)(=O)CC[C@H](N)C(=O)O)C(F)(F)F)cc1. The highest BCUT2D eigenvalue weighted by Gasteiger charge is 2.40. The summed E-state index contributed by atoms with van der Waals surface area (Å²) in [5.74, 6) is -3.74. The third kappa shape index (κ3) is 7.06. The lowest BCUT2D eigenvalue weighted by atomic mass is 9.90. The van der Waals surface area contributed by atoms with Crippen LogP contribution < -0.4 is 5.73 Å². The molecule has 0 aliphatic rings. The van der Waals surface area contributed by atoms with Crippen LogP contribution in [0.1, 0.15) is 49.7 Å². The van der Waals surface area contributed by atoms with E-state index < -0.39 is 46.0 Å². The molecule has 2 aromatic carbocycles. The van der Waals surface area contributed by atoms with Crippen LogP contribution in [0.3, 0.4) is 0 Å². The van der Waals surface area contributed by atoms with E-state index in [9.17, 15) is 22.2 Å². The summed E-state index contributed by atoms with van der Waals surface area (Å²) >= 11 is 0. The molecular weight excluding hydrogens is 441 g/mol. The van der Waals surface area contributed by atoms with Gasteiger partial charge in [0.2, 0.25) is 0 Å². The Labute approximate surface area is 186 Å². The average Bonchev–Trinajstić information content (AvgIpc) is 2.71. The molecule has 32 heavy (non-hydrogen) atoms. The van der Waals surface area contributed by atoms with Crippen molar-refractivity contribution in [2.24, 2.45) is 5.73 Å². The molecule has 0 amide bonds. The molecule has 0 aliphatic carbocycles. The lowest BCUT2D eigenvalue weighted by molar-refractivity contribution is -0.150. The smallest absolute Gasteiger partial charge is 0.395 e. The number of carboxylic acid groups (broad SMARTS) is 1. The Bertz CT molecular complexity index is 1020. The van der Waals surface area contributed by atoms with Crippen LogP contribution in [-0.2, 0) is 14.5 Å². The van der Waals surface area contributed by atoms with Crippen molar-refractivity contribution < 1.29 is 27.3 Å². The van der Waals surface area contributed by atoms with Crippen molar-refractivity contribution >= 4 is 15.7 Å². The molecule has 0 spiro atoms. The van der Waals surface area contributed by atoms with Crippen molar-refractivity contribution in [1.29, 1.82) is 4.78 Å². The maximum Gasteiger partial charge on any atom is 0.395 e. The number of carboxylic acids is 1. The monoisotopic (exact) mass is 470 g/mol. The molecule has 2 rings (SSSR count). The number of alkyl halides is 3. The van der Waals surface area contributed by atoms with Gasteiger partial charge in [0.05, 0.1) is 5.92 Å². The Morgan fingerprint density at radius 2 is 1.62 bits per heavy atom. The fraction of sp³-hybridized carbons (Fsp3) is 0.435. The summed E-state index contributed by atoms with van der Waals surface area (Å²) in [6, 6.07) is 12.6. The zero-order valence-corrected chi connectivity index (χ0v) is 18.9. The molecule has 5 nitrogen and oxygen atoms in total. The first-order valence-corrected chi connectivity index (χ1v) is 12.2. The van der Waals surface area contributed by atoms with Gasteiger partial charge in [-0.15, -0.1) is 0 Å². The Hall–Kier alpha value is -2.39. The van der Waals surface area contributed by atoms with Gasteiger partial charge in [0.25, 0.3) is 0 Å². The van der Waals surface area contributed by atoms with E-state index in [1.54, 1.807) is 12.1 Å². The fourth-order valence-electron chi connectivity index (χ4n) is 3.53. The molecule has 3 atom stereocenters. The topological polar surface area (TPSA) is 104 Å². The molecular formula is C23H29F3N2O3S. The van der Waals surface area contributed by atoms with Crippen molar-refractivity contribution in [3.8, 4) is 11.1 Å². The van der Waals surface area contributed by atoms with Crippen LogP contribution in [0, 0.1) is 4.78 Å². The fourth-order valence-corrected chi connectivity index (χ4v) is 4.98. The van der Waals surface area contributed by atoms with Gasteiger partial charge in [-0.1, -0.05) is 62.4 Å². The van der Waals surface area contributed by atoms with Crippen LogP contribution in [0.2, 0.25) is 0 Å². The zero-order valence-electron chi connectivity index (χ0n) is 18.1. The third-order valence-corrected chi connectivity index (χ3v) is 7.20. The Morgan fingerprint density at radius 1 is 1.06 bits per heavy atom. The molecule has 0 bridgehead atoms. The molecule has 9 heteroatoms. The minimum Gasteiger partial charge on any atom is -0.480 e. The molecule has 0 aliphatic heterocycles. The molecule has 0 saturated heterocycles. The molecule has 176 valence electrons. The van der Waals surface area contributed by atoms with Gasteiger partial charge in [0.15, 0.2) is 0 Å². The Kier molecular flexibility index (Phi) is 8.47. The summed E-state index contributed by atoms with van der Waals surface area (Å²) in [4.78, 5) is 10.8. The van der Waals surface area contributed by atoms with Crippen molar-refractivity contribution in [2.75, 3.05) is 11.5 Å². The number of hydrogen-bond acceptors (Lipinski definition) is 4. The van der Waals surface area contributed by atoms with Gasteiger partial charge >= 0.3 is 12.1 Å². The third-order valence-electron chi connectivity index (χ3n) is 5.41. The molecule has 0 radical (unpaired) electrons. The summed E-state index contributed by atoms with van der Waals surface area (Å²) in [5, 5.41) is 8.78. The van der Waals surface area contributed by atoms with Crippen molar-refractivity contribution in [3.63, 3.8) is 0 Å². The number of halogens is 3. The van der Waals surface area contributed by atoms with Crippen molar-refractivity contribution in [2.45, 2.75) is 50.7 Å². The standard InChI is InChI=1S/C23H29F3N2O3S/c1-15(2)18-5-3-4-6-19(18)16-7-9-17(10-8-16)20(23(24,25)26)11-13-32(28,31)14-12-21(27)22(29)30/h3-10,15,20-21,28H,11-14,27H2,1-2H3,(H,29,30)/t20?,21-,32?/m0/s1. The molecule has 0 aromatic heterocycles. The highest BCUT2D eigenvalue weighted by Crippen LogP contribution is 2.39. The predicted molar refractivity (Wildman–Crippen MR) is 120 cm³/mol. The van der Waals surface area contributed by atoms with E-state index in [0.29, 0.717) is 0 Å². The van der Waals surface area contributed by atoms with E-state index >= 15 is 0 Å². The molecule has 2 unspecified atom stereocenters. The lowest BCUT2D eigenvalue weighted by Gasteiger charge is -2.22. The Morgan fingerprint density at radius 3 is 2.16 bits per heavy atom. The molecule has 0 heterocycles. The molecule has 2 aromatic rings. The number of hydrogen-bond donors (Lipinski definition) is 3. The van der Waals surface area contributed by atoms with Crippen molar-refractivity contribution in [1.82, 2.24) is 0 Å². The highest BCUT2D eigenvalue weighted by molar-refractivity contribution is 7.92. The zero-order chi connectivity index (χ0) is 24.1. The summed E-state index contributed by atoms with van der Waals surface area (Å²) < 4.78 is 61.4. The van der Waals surface area contributed by atoms with Gasteiger partial charge in [-0.3, -0.25) is 9.57 Å². The second-order valence-corrected chi connectivity index (χ2v) is 10.6. The number of nitrogens with two attached hydrogens (primary N) is 1. The quantitative estimate of drug-likeness (QED) is 0.435. The summed E-state index contributed by atoms with van der Waals surface area (Å²) in [6.45, 7) is 4.10. The van der Waals surface area contributed by atoms with Crippen LogP contribution in [-0.4, -0.2) is 39.0 Å².